The van der Waals surface area contributed by atoms with E-state index in [1.54, 1.807) is 109 Å². The number of tetrazole rings is 1. The van der Waals surface area contributed by atoms with E-state index in [4.69, 9.17) is 34.5 Å². The number of alkyl carbamates (subject to hydrolysis) is 1. The zero-order valence-corrected chi connectivity index (χ0v) is 43.7. The number of anilines is 2. The number of amides is 2. The second-order valence-electron chi connectivity index (χ2n) is 18.6. The lowest BCUT2D eigenvalue weighted by molar-refractivity contribution is 0.0281. The number of nitrogens with one attached hydrogen (secondary N) is 1. The monoisotopic (exact) mass is 1050 g/mol. The molecule has 7 rings (SSSR count). The van der Waals surface area contributed by atoms with E-state index < -0.39 is 61.7 Å². The molecule has 4 aromatic carbocycles. The van der Waals surface area contributed by atoms with Crippen LogP contribution in [0.4, 0.5) is 20.4 Å². The number of rotatable bonds is 17. The van der Waals surface area contributed by atoms with Gasteiger partial charge >= 0.3 is 12.2 Å². The maximum Gasteiger partial charge on any atom is 0.410 e. The largest absolute Gasteiger partial charge is 0.755 e. The molecule has 1 saturated heterocycles. The Balaban J connectivity index is 1.50. The molecule has 0 radical (unpaired) electrons. The summed E-state index contributed by atoms with van der Waals surface area (Å²) < 4.78 is 90.6. The maximum atomic E-state index is 16.4. The highest BCUT2D eigenvalue weighted by Gasteiger charge is 2.45. The van der Waals surface area contributed by atoms with E-state index in [0.29, 0.717) is 33.3 Å². The van der Waals surface area contributed by atoms with Crippen molar-refractivity contribution >= 4 is 55.6 Å². The molecule has 2 aromatic heterocycles. The number of sulfonamides is 1. The Morgan fingerprint density at radius 3 is 1.85 bits per heavy atom. The lowest BCUT2D eigenvalue weighted by Crippen LogP contribution is -2.53. The third-order valence-electron chi connectivity index (χ3n) is 11.1. The summed E-state index contributed by atoms with van der Waals surface area (Å²) in [6, 6.07) is 21.1. The number of carbonyl (C=O) groups excluding carboxylic acids is 2. The van der Waals surface area contributed by atoms with Crippen molar-refractivity contribution in [1.29, 1.82) is 0 Å². The van der Waals surface area contributed by atoms with Crippen molar-refractivity contribution in [2.45, 2.75) is 89.4 Å². The van der Waals surface area contributed by atoms with Crippen LogP contribution in [0.5, 0.6) is 17.2 Å². The summed E-state index contributed by atoms with van der Waals surface area (Å²) in [5, 5.41) is 16.4. The highest BCUT2D eigenvalue weighted by molar-refractivity contribution is 7.89. The fourth-order valence-electron chi connectivity index (χ4n) is 7.84. The van der Waals surface area contributed by atoms with Gasteiger partial charge in [-0.1, -0.05) is 53.8 Å². The van der Waals surface area contributed by atoms with Crippen molar-refractivity contribution in [1.82, 2.24) is 39.7 Å². The smallest absolute Gasteiger partial charge is 0.410 e. The topological polar surface area (TPSA) is 259 Å². The lowest BCUT2D eigenvalue weighted by atomic mass is 10.0. The third-order valence-corrected chi connectivity index (χ3v) is 14.6. The van der Waals surface area contributed by atoms with Crippen LogP contribution in [0.15, 0.2) is 96.0 Å². The van der Waals surface area contributed by atoms with Gasteiger partial charge in [0.05, 0.1) is 56.1 Å². The Morgan fingerprint density at radius 1 is 0.819 bits per heavy atom. The number of hydrogen-bond acceptors (Lipinski definition) is 17. The fraction of sp³-hybridized carbons (Fsp3) is 0.375. The summed E-state index contributed by atoms with van der Waals surface area (Å²) in [4.78, 5) is 33.9. The van der Waals surface area contributed by atoms with E-state index in [-0.39, 0.29) is 60.5 Å². The molecule has 6 aromatic rings. The predicted octanol–water partition coefficient (Wildman–Crippen LogP) is 6.62. The normalized spacial score (nSPS) is 15.5. The molecule has 1 fully saturated rings. The molecule has 3 heterocycles. The summed E-state index contributed by atoms with van der Waals surface area (Å²) in [6.45, 7) is 9.04. The molecule has 384 valence electrons. The second kappa shape index (κ2) is 21.9. The van der Waals surface area contributed by atoms with Crippen molar-refractivity contribution in [3.05, 3.63) is 108 Å². The van der Waals surface area contributed by atoms with E-state index in [0.717, 1.165) is 21.2 Å². The van der Waals surface area contributed by atoms with E-state index in [9.17, 15) is 18.4 Å². The molecule has 0 saturated carbocycles. The van der Waals surface area contributed by atoms with Gasteiger partial charge in [-0.25, -0.2) is 23.0 Å². The van der Waals surface area contributed by atoms with Crippen LogP contribution in [-0.4, -0.2) is 121 Å². The Bertz CT molecular complexity index is 2940. The number of aromatic nitrogens is 5. The summed E-state index contributed by atoms with van der Waals surface area (Å²) in [5.41, 5.74) is 5.87. The minimum atomic E-state index is -4.99. The van der Waals surface area contributed by atoms with Crippen LogP contribution in [0.25, 0.3) is 21.8 Å². The second-order valence-corrected chi connectivity index (χ2v) is 22.4. The molecule has 72 heavy (non-hydrogen) atoms. The molecule has 21 nitrogen and oxygen atoms in total. The third kappa shape index (κ3) is 12.8. The Hall–Kier alpha value is -6.86. The zero-order chi connectivity index (χ0) is 52.1. The highest BCUT2D eigenvalue weighted by atomic mass is 32.2. The Labute approximate surface area is 424 Å². The molecule has 0 spiro atoms. The van der Waals surface area contributed by atoms with Crippen LogP contribution in [0.3, 0.4) is 0 Å². The van der Waals surface area contributed by atoms with Gasteiger partial charge < -0.3 is 44.2 Å². The van der Waals surface area contributed by atoms with Gasteiger partial charge in [0.25, 0.3) is 0 Å². The van der Waals surface area contributed by atoms with Gasteiger partial charge in [0.1, 0.15) is 33.3 Å². The predicted molar refractivity (Wildman–Crippen MR) is 269 cm³/mol. The first-order valence-electron chi connectivity index (χ1n) is 22.5. The number of nitrogens with two attached hydrogens (primary N) is 1. The quantitative estimate of drug-likeness (QED) is 0.0909. The van der Waals surface area contributed by atoms with E-state index >= 15 is 8.42 Å². The van der Waals surface area contributed by atoms with Crippen molar-refractivity contribution in [2.75, 3.05) is 44.5 Å². The lowest BCUT2D eigenvalue weighted by Gasteiger charge is -2.37. The average Bonchev–Trinajstić information content (AvgIpc) is 4.08. The summed E-state index contributed by atoms with van der Waals surface area (Å²) >= 11 is -2.27. The van der Waals surface area contributed by atoms with Crippen LogP contribution in [0.1, 0.15) is 58.2 Å². The molecule has 2 amide bonds. The first kappa shape index (κ1) is 53.0. The Morgan fingerprint density at radius 2 is 1.36 bits per heavy atom. The molecule has 0 bridgehead atoms. The number of methoxy groups -OCH3 is 3. The van der Waals surface area contributed by atoms with E-state index in [2.05, 4.69) is 20.6 Å². The van der Waals surface area contributed by atoms with Gasteiger partial charge in [0.2, 0.25) is 15.8 Å². The first-order valence-corrected chi connectivity index (χ1v) is 25.8. The van der Waals surface area contributed by atoms with Gasteiger partial charge in [-0.15, -0.1) is 10.2 Å². The molecule has 3 atom stereocenters. The minimum Gasteiger partial charge on any atom is -0.755 e. The number of nitrogens with zero attached hydrogens (tertiary/aromatic N) is 8. The van der Waals surface area contributed by atoms with Crippen molar-refractivity contribution < 1.29 is 50.5 Å². The molecular weight excluding hydrogens is 989 g/mol. The average molecular weight is 1050 g/mol. The molecule has 24 heteroatoms. The fourth-order valence-corrected chi connectivity index (χ4v) is 11.2. The van der Waals surface area contributed by atoms with Crippen molar-refractivity contribution in [3.8, 4) is 39.1 Å². The standard InChI is InChI=1S/C48H58N10O11S3/c1-47(2,3)68-45(59)51-37-28-55(46(60)69-48(4,5)6)29-39(37)58(71(61)62)38-23-22-36(40-24-50-44(49)70-40)41(43-52-54-57(53-43)27-32-14-20-35(67-9)21-15-32)42(38)72(63,64)56(25-30-10-16-33(65-7)17-11-30)26-31-12-18-34(66-8)19-13-31/h10-24,37,39H,25-29H2,1-9H3,(H2,49,50)(H,51,59)(H,61,62)/p-1/t37-,39-/m0/s1. The summed E-state index contributed by atoms with van der Waals surface area (Å²) in [7, 11) is -0.408. The van der Waals surface area contributed by atoms with Gasteiger partial charge in [-0.05, 0) is 106 Å². The molecule has 0 aliphatic carbocycles. The molecular formula is C48H57N10O11S3-. The number of benzene rings is 4. The molecule has 3 N–H and O–H groups in total. The SMILES string of the molecule is COc1ccc(CN(Cc2ccc(OC)cc2)S(=O)(=O)c2c(N([C@H]3CN(C(=O)OC(C)(C)C)C[C@@H]3NC(=O)OC(C)(C)C)S(=O)[O-])ccc(-c3cnc(N)s3)c2-c2nnn(Cc3ccc(OC)cc3)n2)cc1. The number of likely N-dealkylation sites (tertiary alicyclic amines) is 1. The van der Waals surface area contributed by atoms with E-state index in [1.807, 2.05) is 12.1 Å². The van der Waals surface area contributed by atoms with Crippen LogP contribution < -0.4 is 29.6 Å². The van der Waals surface area contributed by atoms with Crippen LogP contribution in [0.2, 0.25) is 0 Å². The van der Waals surface area contributed by atoms with Crippen molar-refractivity contribution in [3.63, 3.8) is 0 Å². The van der Waals surface area contributed by atoms with Crippen LogP contribution >= 0.6 is 11.3 Å². The zero-order valence-electron chi connectivity index (χ0n) is 41.2. The molecule has 1 unspecified atom stereocenters. The van der Waals surface area contributed by atoms with Crippen molar-refractivity contribution in [2.24, 2.45) is 0 Å². The maximum absolute atomic E-state index is 16.4. The van der Waals surface area contributed by atoms with Crippen LogP contribution in [-0.2, 0) is 50.4 Å². The number of ether oxygens (including phenoxy) is 5. The number of carbonyl (C=O) groups is 2. The van der Waals surface area contributed by atoms with E-state index in [1.165, 1.54) is 46.6 Å². The summed E-state index contributed by atoms with van der Waals surface area (Å²) in [5.74, 6) is 1.50. The Kier molecular flexibility index (Phi) is 16.1. The number of hydrogen-bond donors (Lipinski definition) is 2. The number of nitrogen functional groups attached to an aromatic ring is 1. The minimum absolute atomic E-state index is 0.0972. The summed E-state index contributed by atoms with van der Waals surface area (Å²) in [6.07, 6.45) is -0.245. The molecule has 1 aliphatic heterocycles. The van der Waals surface area contributed by atoms with Gasteiger partial charge in [0, 0.05) is 49.2 Å². The van der Waals surface area contributed by atoms with Gasteiger partial charge in [-0.3, -0.25) is 8.51 Å². The molecule has 1 aliphatic rings. The van der Waals surface area contributed by atoms with Gasteiger partial charge in [0.15, 0.2) is 5.13 Å². The first-order chi connectivity index (χ1) is 34.0. The van der Waals surface area contributed by atoms with Gasteiger partial charge in [-0.2, -0.15) is 9.10 Å². The highest BCUT2D eigenvalue weighted by Crippen LogP contribution is 2.46. The number of thiazole rings is 1. The van der Waals surface area contributed by atoms with Crippen LogP contribution in [0, 0.1) is 0 Å².